The van der Waals surface area contributed by atoms with Crippen LogP contribution in [0, 0.1) is 0 Å². The van der Waals surface area contributed by atoms with Crippen LogP contribution in [-0.4, -0.2) is 41.8 Å². The quantitative estimate of drug-likeness (QED) is 0.683. The Labute approximate surface area is 164 Å². The first-order chi connectivity index (χ1) is 13.5. The first-order valence-corrected chi connectivity index (χ1v) is 9.60. The van der Waals surface area contributed by atoms with E-state index in [2.05, 4.69) is 4.90 Å². The van der Waals surface area contributed by atoms with Gasteiger partial charge in [-0.25, -0.2) is 4.79 Å². The number of piperidine rings is 1. The van der Waals surface area contributed by atoms with E-state index in [1.54, 1.807) is 12.1 Å². The molecule has 0 saturated carbocycles. The van der Waals surface area contributed by atoms with Gasteiger partial charge in [-0.1, -0.05) is 30.3 Å². The molecule has 148 valence electrons. The lowest BCUT2D eigenvalue weighted by Crippen LogP contribution is -2.33. The normalized spacial score (nSPS) is 16.4. The van der Waals surface area contributed by atoms with Gasteiger partial charge in [0.25, 0.3) is 0 Å². The van der Waals surface area contributed by atoms with Crippen molar-refractivity contribution in [3.8, 4) is 0 Å². The van der Waals surface area contributed by atoms with E-state index in [9.17, 15) is 14.7 Å². The summed E-state index contributed by atoms with van der Waals surface area (Å²) in [7, 11) is 0. The molecule has 1 saturated heterocycles. The van der Waals surface area contributed by atoms with Crippen LogP contribution < -0.4 is 10.6 Å². The zero-order valence-corrected chi connectivity index (χ0v) is 15.8. The standard InChI is InChI=1S/C22H26N2O4/c23-21(26)20(15-8-10-16(11-9-15)22(27)28)18(14-25)17-6-2-3-7-19(17)24-12-4-1-5-13-24/h2-3,6-11,18,20,25H,1,4-5,12-14H2,(H2,23,26)(H,27,28). The van der Waals surface area contributed by atoms with E-state index in [0.29, 0.717) is 5.56 Å². The van der Waals surface area contributed by atoms with Gasteiger partial charge in [-0.15, -0.1) is 0 Å². The predicted molar refractivity (Wildman–Crippen MR) is 108 cm³/mol. The number of aliphatic hydroxyl groups is 1. The zero-order chi connectivity index (χ0) is 20.1. The average molecular weight is 382 g/mol. The van der Waals surface area contributed by atoms with Crippen molar-refractivity contribution in [2.24, 2.45) is 5.73 Å². The summed E-state index contributed by atoms with van der Waals surface area (Å²) >= 11 is 0. The number of carbonyl (C=O) groups excluding carboxylic acids is 1. The highest BCUT2D eigenvalue weighted by Crippen LogP contribution is 2.38. The highest BCUT2D eigenvalue weighted by atomic mass is 16.4. The van der Waals surface area contributed by atoms with Crippen LogP contribution in [0.5, 0.6) is 0 Å². The van der Waals surface area contributed by atoms with Crippen molar-refractivity contribution in [3.05, 3.63) is 65.2 Å². The fraction of sp³-hybridized carbons (Fsp3) is 0.364. The number of nitrogens with two attached hydrogens (primary N) is 1. The second-order valence-electron chi connectivity index (χ2n) is 7.20. The van der Waals surface area contributed by atoms with Gasteiger partial charge in [-0.3, -0.25) is 4.79 Å². The smallest absolute Gasteiger partial charge is 0.335 e. The Hall–Kier alpha value is -2.86. The Morgan fingerprint density at radius 3 is 2.21 bits per heavy atom. The lowest BCUT2D eigenvalue weighted by molar-refractivity contribution is -0.120. The Kier molecular flexibility index (Phi) is 6.31. The number of hydrogen-bond acceptors (Lipinski definition) is 4. The largest absolute Gasteiger partial charge is 0.478 e. The number of primary amides is 1. The Balaban J connectivity index is 2.00. The number of anilines is 1. The molecule has 28 heavy (non-hydrogen) atoms. The molecule has 2 aromatic carbocycles. The van der Waals surface area contributed by atoms with Crippen molar-refractivity contribution < 1.29 is 19.8 Å². The van der Waals surface area contributed by atoms with Crippen LogP contribution in [0.3, 0.4) is 0 Å². The zero-order valence-electron chi connectivity index (χ0n) is 15.8. The third-order valence-corrected chi connectivity index (χ3v) is 5.46. The second kappa shape index (κ2) is 8.89. The number of aliphatic hydroxyl groups excluding tert-OH is 1. The molecule has 6 nitrogen and oxygen atoms in total. The number of nitrogens with zero attached hydrogens (tertiary/aromatic N) is 1. The summed E-state index contributed by atoms with van der Waals surface area (Å²) in [6, 6.07) is 13.9. The van der Waals surface area contributed by atoms with Crippen molar-refractivity contribution in [1.29, 1.82) is 0 Å². The SMILES string of the molecule is NC(=O)C(c1ccc(C(=O)O)cc1)C(CO)c1ccccc1N1CCCCC1. The number of carbonyl (C=O) groups is 2. The topological polar surface area (TPSA) is 104 Å². The fourth-order valence-corrected chi connectivity index (χ4v) is 4.04. The van der Waals surface area contributed by atoms with E-state index in [4.69, 9.17) is 10.8 Å². The highest BCUT2D eigenvalue weighted by Gasteiger charge is 2.32. The average Bonchev–Trinajstić information content (AvgIpc) is 2.72. The predicted octanol–water partition coefficient (Wildman–Crippen LogP) is 2.72. The van der Waals surface area contributed by atoms with E-state index in [1.165, 1.54) is 18.6 Å². The maximum absolute atomic E-state index is 12.4. The number of carboxylic acid groups (broad SMARTS) is 1. The molecule has 0 spiro atoms. The van der Waals surface area contributed by atoms with Gasteiger partial charge in [0.05, 0.1) is 18.1 Å². The van der Waals surface area contributed by atoms with Gasteiger partial charge in [0.2, 0.25) is 5.91 Å². The van der Waals surface area contributed by atoms with E-state index in [-0.39, 0.29) is 12.2 Å². The molecule has 0 radical (unpaired) electrons. The van der Waals surface area contributed by atoms with Crippen molar-refractivity contribution in [2.45, 2.75) is 31.1 Å². The van der Waals surface area contributed by atoms with E-state index in [0.717, 1.165) is 37.2 Å². The van der Waals surface area contributed by atoms with Gasteiger partial charge in [0.1, 0.15) is 0 Å². The summed E-state index contributed by atoms with van der Waals surface area (Å²) in [5.41, 5.74) is 8.38. The van der Waals surface area contributed by atoms with Gasteiger partial charge in [0, 0.05) is 24.7 Å². The molecule has 0 bridgehead atoms. The molecule has 2 aromatic rings. The van der Waals surface area contributed by atoms with Gasteiger partial charge in [-0.2, -0.15) is 0 Å². The minimum atomic E-state index is -1.03. The summed E-state index contributed by atoms with van der Waals surface area (Å²) in [6.07, 6.45) is 3.45. The van der Waals surface area contributed by atoms with Crippen molar-refractivity contribution >= 4 is 17.6 Å². The molecular formula is C22H26N2O4. The first-order valence-electron chi connectivity index (χ1n) is 9.60. The van der Waals surface area contributed by atoms with Gasteiger partial charge in [0.15, 0.2) is 0 Å². The van der Waals surface area contributed by atoms with Crippen LogP contribution in [0.1, 0.15) is 52.6 Å². The molecule has 1 aliphatic rings. The summed E-state index contributed by atoms with van der Waals surface area (Å²) in [5.74, 6) is -2.84. The monoisotopic (exact) mass is 382 g/mol. The summed E-state index contributed by atoms with van der Waals surface area (Å²) in [6.45, 7) is 1.66. The maximum Gasteiger partial charge on any atom is 0.335 e. The number of hydrogen-bond donors (Lipinski definition) is 3. The molecule has 1 heterocycles. The first kappa shape index (κ1) is 19.9. The summed E-state index contributed by atoms with van der Waals surface area (Å²) in [5, 5.41) is 19.3. The molecule has 0 aliphatic carbocycles. The molecule has 1 aliphatic heterocycles. The van der Waals surface area contributed by atoms with Crippen LogP contribution in [0.15, 0.2) is 48.5 Å². The summed E-state index contributed by atoms with van der Waals surface area (Å²) < 4.78 is 0. The number of carboxylic acids is 1. The molecule has 6 heteroatoms. The van der Waals surface area contributed by atoms with Crippen LogP contribution in [0.25, 0.3) is 0 Å². The van der Waals surface area contributed by atoms with Gasteiger partial charge < -0.3 is 20.8 Å². The van der Waals surface area contributed by atoms with E-state index in [1.807, 2.05) is 24.3 Å². The Morgan fingerprint density at radius 1 is 1.00 bits per heavy atom. The maximum atomic E-state index is 12.4. The number of benzene rings is 2. The van der Waals surface area contributed by atoms with Crippen LogP contribution in [-0.2, 0) is 4.79 Å². The minimum Gasteiger partial charge on any atom is -0.478 e. The highest BCUT2D eigenvalue weighted by molar-refractivity contribution is 5.88. The van der Waals surface area contributed by atoms with Crippen LogP contribution in [0.2, 0.25) is 0 Å². The van der Waals surface area contributed by atoms with Crippen molar-refractivity contribution in [3.63, 3.8) is 0 Å². The number of aromatic carboxylic acids is 1. The molecular weight excluding hydrogens is 356 g/mol. The summed E-state index contributed by atoms with van der Waals surface area (Å²) in [4.78, 5) is 25.8. The number of amides is 1. The van der Waals surface area contributed by atoms with Crippen LogP contribution in [0.4, 0.5) is 5.69 Å². The Bertz CT molecular complexity index is 829. The number of para-hydroxylation sites is 1. The number of rotatable bonds is 7. The third kappa shape index (κ3) is 4.17. The third-order valence-electron chi connectivity index (χ3n) is 5.46. The van der Waals surface area contributed by atoms with Crippen LogP contribution >= 0.6 is 0 Å². The Morgan fingerprint density at radius 2 is 1.64 bits per heavy atom. The molecule has 0 aromatic heterocycles. The molecule has 1 amide bonds. The minimum absolute atomic E-state index is 0.140. The van der Waals surface area contributed by atoms with Gasteiger partial charge >= 0.3 is 5.97 Å². The molecule has 4 N–H and O–H groups in total. The lowest BCUT2D eigenvalue weighted by atomic mass is 9.80. The fourth-order valence-electron chi connectivity index (χ4n) is 4.04. The molecule has 3 rings (SSSR count). The van der Waals surface area contributed by atoms with Crippen molar-refractivity contribution in [2.75, 3.05) is 24.6 Å². The van der Waals surface area contributed by atoms with Gasteiger partial charge in [-0.05, 0) is 48.6 Å². The lowest BCUT2D eigenvalue weighted by Gasteiger charge is -2.34. The molecule has 2 unspecified atom stereocenters. The molecule has 2 atom stereocenters. The molecule has 1 fully saturated rings. The van der Waals surface area contributed by atoms with E-state index >= 15 is 0 Å². The second-order valence-corrected chi connectivity index (χ2v) is 7.20. The van der Waals surface area contributed by atoms with Crippen molar-refractivity contribution in [1.82, 2.24) is 0 Å². The van der Waals surface area contributed by atoms with E-state index < -0.39 is 23.7 Å².